The van der Waals surface area contributed by atoms with Gasteiger partial charge < -0.3 is 15.2 Å². The molecule has 20 heavy (non-hydrogen) atoms. The molecule has 0 aliphatic carbocycles. The molecule has 0 bridgehead atoms. The molecule has 1 aliphatic heterocycles. The van der Waals surface area contributed by atoms with Crippen LogP contribution in [0, 0.1) is 0 Å². The summed E-state index contributed by atoms with van der Waals surface area (Å²) in [4.78, 5) is 24.3. The van der Waals surface area contributed by atoms with Crippen molar-refractivity contribution in [1.29, 1.82) is 0 Å². The molecule has 1 amide bonds. The minimum atomic E-state index is -1.07. The highest BCUT2D eigenvalue weighted by molar-refractivity contribution is 5.96. The number of likely N-dealkylation sites (tertiary alicyclic amines) is 1. The summed E-state index contributed by atoms with van der Waals surface area (Å²) in [5.74, 6) is -0.876. The van der Waals surface area contributed by atoms with Gasteiger partial charge in [0.25, 0.3) is 5.91 Å². The number of carbonyl (C=O) groups excluding carboxylic acids is 1. The number of carboxylic acids is 1. The average Bonchev–Trinajstić information content (AvgIpc) is 2.96. The molecule has 1 aliphatic rings. The van der Waals surface area contributed by atoms with Crippen LogP contribution in [-0.2, 0) is 4.79 Å². The third kappa shape index (κ3) is 4.24. The Labute approximate surface area is 117 Å². The minimum Gasteiger partial charge on any atom is -0.480 e. The molecule has 1 aromatic rings. The lowest BCUT2D eigenvalue weighted by molar-refractivity contribution is -0.135. The summed E-state index contributed by atoms with van der Waals surface area (Å²) in [7, 11) is 0. The third-order valence-corrected chi connectivity index (χ3v) is 3.11. The summed E-state index contributed by atoms with van der Waals surface area (Å²) in [5, 5.41) is 10.8. The second kappa shape index (κ2) is 6.91. The second-order valence-electron chi connectivity index (χ2n) is 4.70. The second-order valence-corrected chi connectivity index (χ2v) is 4.70. The normalized spacial score (nSPS) is 15.0. The van der Waals surface area contributed by atoms with Crippen LogP contribution in [0.2, 0.25) is 0 Å². The monoisotopic (exact) mass is 278 g/mol. The zero-order chi connectivity index (χ0) is 14.4. The Balaban J connectivity index is 1.89. The van der Waals surface area contributed by atoms with E-state index in [0.717, 1.165) is 13.1 Å². The highest BCUT2D eigenvalue weighted by atomic mass is 16.5. The van der Waals surface area contributed by atoms with Gasteiger partial charge >= 0.3 is 5.97 Å². The fraction of sp³-hybridized carbons (Fsp3) is 0.429. The molecule has 108 valence electrons. The molecule has 0 atom stereocenters. The van der Waals surface area contributed by atoms with Crippen LogP contribution in [0.3, 0.4) is 0 Å². The SMILES string of the molecule is O=C(O)CNC(=O)c1cccc(OCN2CCCC2)c1. The summed E-state index contributed by atoms with van der Waals surface area (Å²) in [6.07, 6.45) is 2.39. The first kappa shape index (κ1) is 14.3. The van der Waals surface area contributed by atoms with Crippen molar-refractivity contribution < 1.29 is 19.4 Å². The summed E-state index contributed by atoms with van der Waals surface area (Å²) in [5.41, 5.74) is 0.394. The molecule has 1 aromatic carbocycles. The van der Waals surface area contributed by atoms with E-state index in [1.165, 1.54) is 12.8 Å². The number of benzene rings is 1. The molecule has 1 saturated heterocycles. The maximum Gasteiger partial charge on any atom is 0.322 e. The molecular formula is C14H18N2O4. The quantitative estimate of drug-likeness (QED) is 0.809. The topological polar surface area (TPSA) is 78.9 Å². The van der Waals surface area contributed by atoms with Gasteiger partial charge in [-0.05, 0) is 31.0 Å². The number of amides is 1. The van der Waals surface area contributed by atoms with E-state index in [-0.39, 0.29) is 0 Å². The number of hydrogen-bond acceptors (Lipinski definition) is 4. The first-order chi connectivity index (χ1) is 9.65. The fourth-order valence-electron chi connectivity index (χ4n) is 2.06. The van der Waals surface area contributed by atoms with Crippen LogP contribution in [0.25, 0.3) is 0 Å². The Morgan fingerprint density at radius 2 is 2.05 bits per heavy atom. The first-order valence-corrected chi connectivity index (χ1v) is 6.60. The molecule has 1 fully saturated rings. The maximum absolute atomic E-state index is 11.7. The fourth-order valence-corrected chi connectivity index (χ4v) is 2.06. The van der Waals surface area contributed by atoms with E-state index in [2.05, 4.69) is 10.2 Å². The van der Waals surface area contributed by atoms with Crippen LogP contribution < -0.4 is 10.1 Å². The van der Waals surface area contributed by atoms with Gasteiger partial charge in [-0.25, -0.2) is 0 Å². The number of aliphatic carboxylic acids is 1. The van der Waals surface area contributed by atoms with Crippen LogP contribution >= 0.6 is 0 Å². The molecule has 0 aromatic heterocycles. The number of rotatable bonds is 6. The van der Waals surface area contributed by atoms with Crippen molar-refractivity contribution in [3.63, 3.8) is 0 Å². The number of carboxylic acid groups (broad SMARTS) is 1. The van der Waals surface area contributed by atoms with Gasteiger partial charge in [0.1, 0.15) is 19.0 Å². The van der Waals surface area contributed by atoms with Crippen molar-refractivity contribution in [1.82, 2.24) is 10.2 Å². The van der Waals surface area contributed by atoms with Crippen molar-refractivity contribution in [2.75, 3.05) is 26.4 Å². The van der Waals surface area contributed by atoms with Crippen LogP contribution in [0.15, 0.2) is 24.3 Å². The molecule has 2 N–H and O–H groups in total. The van der Waals surface area contributed by atoms with Gasteiger partial charge in [0.05, 0.1) is 0 Å². The standard InChI is InChI=1S/C14H18N2O4/c17-13(18)9-15-14(19)11-4-3-5-12(8-11)20-10-16-6-1-2-7-16/h3-5,8H,1-2,6-7,9-10H2,(H,15,19)(H,17,18). The van der Waals surface area contributed by atoms with Gasteiger partial charge in [-0.15, -0.1) is 0 Å². The molecule has 6 nitrogen and oxygen atoms in total. The summed E-state index contributed by atoms with van der Waals surface area (Å²) in [6, 6.07) is 6.74. The predicted molar refractivity (Wildman–Crippen MR) is 72.7 cm³/mol. The molecule has 6 heteroatoms. The highest BCUT2D eigenvalue weighted by Gasteiger charge is 2.12. The Bertz CT molecular complexity index is 484. The number of carbonyl (C=O) groups is 2. The summed E-state index contributed by atoms with van der Waals surface area (Å²) in [6.45, 7) is 2.20. The Morgan fingerprint density at radius 1 is 1.30 bits per heavy atom. The third-order valence-electron chi connectivity index (χ3n) is 3.11. The van der Waals surface area contributed by atoms with E-state index < -0.39 is 18.4 Å². The van der Waals surface area contributed by atoms with Crippen molar-refractivity contribution >= 4 is 11.9 Å². The molecule has 0 radical (unpaired) electrons. The largest absolute Gasteiger partial charge is 0.480 e. The maximum atomic E-state index is 11.7. The zero-order valence-corrected chi connectivity index (χ0v) is 11.2. The molecule has 2 rings (SSSR count). The lowest BCUT2D eigenvalue weighted by Gasteiger charge is -2.15. The molecular weight excluding hydrogens is 260 g/mol. The van der Waals surface area contributed by atoms with Crippen LogP contribution in [0.5, 0.6) is 5.75 Å². The number of hydrogen-bond donors (Lipinski definition) is 2. The number of ether oxygens (including phenoxy) is 1. The minimum absolute atomic E-state index is 0.391. The summed E-state index contributed by atoms with van der Waals surface area (Å²) >= 11 is 0. The van der Waals surface area contributed by atoms with Gasteiger partial charge in [0, 0.05) is 18.7 Å². The van der Waals surface area contributed by atoms with E-state index in [9.17, 15) is 9.59 Å². The number of nitrogens with one attached hydrogen (secondary N) is 1. The highest BCUT2D eigenvalue weighted by Crippen LogP contribution is 2.15. The zero-order valence-electron chi connectivity index (χ0n) is 11.2. The number of nitrogens with zero attached hydrogens (tertiary/aromatic N) is 1. The van der Waals surface area contributed by atoms with Gasteiger partial charge in [-0.1, -0.05) is 6.07 Å². The van der Waals surface area contributed by atoms with E-state index in [4.69, 9.17) is 9.84 Å². The average molecular weight is 278 g/mol. The lowest BCUT2D eigenvalue weighted by atomic mass is 10.2. The van der Waals surface area contributed by atoms with Crippen molar-refractivity contribution in [3.8, 4) is 5.75 Å². The lowest BCUT2D eigenvalue weighted by Crippen LogP contribution is -2.29. The molecule has 1 heterocycles. The van der Waals surface area contributed by atoms with E-state index in [1.54, 1.807) is 24.3 Å². The Kier molecular flexibility index (Phi) is 4.95. The molecule has 0 saturated carbocycles. The van der Waals surface area contributed by atoms with Crippen molar-refractivity contribution in [2.24, 2.45) is 0 Å². The van der Waals surface area contributed by atoms with Gasteiger partial charge in [-0.3, -0.25) is 14.5 Å². The van der Waals surface area contributed by atoms with Gasteiger partial charge in [-0.2, -0.15) is 0 Å². The van der Waals surface area contributed by atoms with E-state index in [1.807, 2.05) is 0 Å². The smallest absolute Gasteiger partial charge is 0.322 e. The van der Waals surface area contributed by atoms with E-state index >= 15 is 0 Å². The van der Waals surface area contributed by atoms with Gasteiger partial charge in [0.2, 0.25) is 0 Å². The summed E-state index contributed by atoms with van der Waals surface area (Å²) < 4.78 is 5.64. The molecule has 0 spiro atoms. The first-order valence-electron chi connectivity index (χ1n) is 6.60. The van der Waals surface area contributed by atoms with Crippen molar-refractivity contribution in [3.05, 3.63) is 29.8 Å². The Hall–Kier alpha value is -2.08. The van der Waals surface area contributed by atoms with Crippen LogP contribution in [0.4, 0.5) is 0 Å². The van der Waals surface area contributed by atoms with Crippen LogP contribution in [0.1, 0.15) is 23.2 Å². The predicted octanol–water partition coefficient (Wildman–Crippen LogP) is 0.933. The van der Waals surface area contributed by atoms with Crippen LogP contribution in [-0.4, -0.2) is 48.2 Å². The van der Waals surface area contributed by atoms with Gasteiger partial charge in [0.15, 0.2) is 0 Å². The molecule has 0 unspecified atom stereocenters. The van der Waals surface area contributed by atoms with E-state index in [0.29, 0.717) is 18.0 Å². The van der Waals surface area contributed by atoms with Crippen molar-refractivity contribution in [2.45, 2.75) is 12.8 Å². The Morgan fingerprint density at radius 3 is 2.75 bits per heavy atom.